The first-order valence-electron chi connectivity index (χ1n) is 11.1. The summed E-state index contributed by atoms with van der Waals surface area (Å²) in [6.45, 7) is 0.0918. The number of hydrogen-bond acceptors (Lipinski definition) is 6. The van der Waals surface area contributed by atoms with Crippen molar-refractivity contribution in [1.82, 2.24) is 5.32 Å². The summed E-state index contributed by atoms with van der Waals surface area (Å²) in [5, 5.41) is 15.2. The van der Waals surface area contributed by atoms with Crippen LogP contribution in [0.1, 0.15) is 43.3 Å². The molecule has 1 N–H and O–H groups in total. The molecular weight excluding hydrogens is 489 g/mol. The maximum absolute atomic E-state index is 13.5. The van der Waals surface area contributed by atoms with Crippen molar-refractivity contribution in [3.05, 3.63) is 140 Å². The lowest BCUT2D eigenvalue weighted by Gasteiger charge is -2.30. The summed E-state index contributed by atoms with van der Waals surface area (Å²) in [6, 6.07) is 18.6. The van der Waals surface area contributed by atoms with Crippen molar-refractivity contribution in [2.24, 2.45) is 0 Å². The van der Waals surface area contributed by atoms with Crippen LogP contribution in [-0.2, 0) is 17.5 Å². The second kappa shape index (κ2) is 9.05. The zero-order chi connectivity index (χ0) is 26.3. The second-order valence-electron chi connectivity index (χ2n) is 8.41. The average Bonchev–Trinajstić information content (AvgIpc) is 2.89. The van der Waals surface area contributed by atoms with Gasteiger partial charge >= 0.3 is 11.9 Å². The molecule has 0 fully saturated rings. The third-order valence-electron chi connectivity index (χ3n) is 6.17. The summed E-state index contributed by atoms with van der Waals surface area (Å²) in [6.07, 6.45) is -4.63. The zero-order valence-corrected chi connectivity index (χ0v) is 18.9. The van der Waals surface area contributed by atoms with Crippen molar-refractivity contribution < 1.29 is 32.4 Å². The number of rotatable bonds is 5. The highest BCUT2D eigenvalue weighted by atomic mass is 19.4. The van der Waals surface area contributed by atoms with Crippen LogP contribution in [0.25, 0.3) is 0 Å². The van der Waals surface area contributed by atoms with Gasteiger partial charge in [-0.2, -0.15) is 13.2 Å². The van der Waals surface area contributed by atoms with Gasteiger partial charge in [0.1, 0.15) is 5.92 Å². The Morgan fingerprint density at radius 3 is 2.05 bits per heavy atom. The molecule has 0 aromatic heterocycles. The first kappa shape index (κ1) is 24.0. The van der Waals surface area contributed by atoms with Crippen LogP contribution in [0.4, 0.5) is 13.2 Å². The van der Waals surface area contributed by atoms with Gasteiger partial charge < -0.3 is 10.1 Å². The smallest absolute Gasteiger partial charge is 0.416 e. The molecule has 3 aromatic rings. The van der Waals surface area contributed by atoms with Gasteiger partial charge in [0, 0.05) is 17.7 Å². The lowest BCUT2D eigenvalue weighted by molar-refractivity contribution is -0.433. The van der Waals surface area contributed by atoms with Crippen LogP contribution < -0.4 is 5.32 Å². The zero-order valence-electron chi connectivity index (χ0n) is 18.9. The van der Waals surface area contributed by atoms with E-state index < -0.39 is 45.6 Å². The third-order valence-corrected chi connectivity index (χ3v) is 6.17. The molecule has 7 nitrogen and oxygen atoms in total. The molecule has 1 aliphatic carbocycles. The Morgan fingerprint density at radius 2 is 1.46 bits per heavy atom. The number of hydrogen-bond donors (Lipinski definition) is 1. The third kappa shape index (κ3) is 4.26. The quantitative estimate of drug-likeness (QED) is 0.368. The lowest BCUT2D eigenvalue weighted by Crippen LogP contribution is -2.35. The largest absolute Gasteiger partial charge is 0.431 e. The number of carbonyl (C=O) groups excluding carboxylic acids is 2. The van der Waals surface area contributed by atoms with Crippen LogP contribution in [0.2, 0.25) is 0 Å². The van der Waals surface area contributed by atoms with Crippen LogP contribution >= 0.6 is 0 Å². The molecule has 1 atom stereocenters. The minimum atomic E-state index is -4.63. The standard InChI is InChI=1S/C27H17F3N2O5/c28-27(29,30)17-12-10-16(11-13-17)20-21-23(33)18-8-4-5-9-19(18)24(34)25(21)37-26(22(20)32(35)36)31-14-15-6-2-1-3-7-15/h1-13,20,31H,14H2. The summed E-state index contributed by atoms with van der Waals surface area (Å²) in [5.74, 6) is -3.53. The lowest BCUT2D eigenvalue weighted by atomic mass is 9.77. The fourth-order valence-corrected chi connectivity index (χ4v) is 4.44. The highest BCUT2D eigenvalue weighted by molar-refractivity contribution is 6.27. The van der Waals surface area contributed by atoms with Crippen LogP contribution in [0.5, 0.6) is 0 Å². The van der Waals surface area contributed by atoms with E-state index in [4.69, 9.17) is 4.74 Å². The van der Waals surface area contributed by atoms with Crippen molar-refractivity contribution in [2.75, 3.05) is 0 Å². The molecule has 0 saturated heterocycles. The Kier molecular flexibility index (Phi) is 5.87. The van der Waals surface area contributed by atoms with E-state index in [2.05, 4.69) is 5.32 Å². The molecule has 1 aliphatic heterocycles. The number of benzene rings is 3. The van der Waals surface area contributed by atoms with E-state index in [9.17, 15) is 32.9 Å². The van der Waals surface area contributed by atoms with E-state index in [0.29, 0.717) is 0 Å². The van der Waals surface area contributed by atoms with Gasteiger partial charge in [0.2, 0.25) is 5.78 Å². The first-order valence-corrected chi connectivity index (χ1v) is 11.1. The van der Waals surface area contributed by atoms with Crippen molar-refractivity contribution >= 4 is 11.6 Å². The summed E-state index contributed by atoms with van der Waals surface area (Å²) < 4.78 is 45.3. The Hall–Kier alpha value is -4.73. The number of nitrogens with one attached hydrogen (secondary N) is 1. The fourth-order valence-electron chi connectivity index (χ4n) is 4.44. The van der Waals surface area contributed by atoms with Gasteiger partial charge in [0.25, 0.3) is 5.88 Å². The molecular formula is C27H17F3N2O5. The van der Waals surface area contributed by atoms with Crippen molar-refractivity contribution in [1.29, 1.82) is 0 Å². The number of ether oxygens (including phenoxy) is 1. The van der Waals surface area contributed by atoms with Gasteiger partial charge in [-0.3, -0.25) is 19.7 Å². The van der Waals surface area contributed by atoms with E-state index in [0.717, 1.165) is 29.8 Å². The minimum Gasteiger partial charge on any atom is -0.431 e. The number of halogens is 3. The highest BCUT2D eigenvalue weighted by Gasteiger charge is 2.49. The summed E-state index contributed by atoms with van der Waals surface area (Å²) in [4.78, 5) is 38.4. The molecule has 5 rings (SSSR count). The van der Waals surface area contributed by atoms with E-state index in [1.807, 2.05) is 0 Å². The molecule has 10 heteroatoms. The Bertz CT molecular complexity index is 1490. The summed E-state index contributed by atoms with van der Waals surface area (Å²) in [5.41, 5.74) is -0.934. The van der Waals surface area contributed by atoms with E-state index in [1.165, 1.54) is 12.1 Å². The maximum atomic E-state index is 13.5. The van der Waals surface area contributed by atoms with Gasteiger partial charge in [0.15, 0.2) is 11.5 Å². The first-order chi connectivity index (χ1) is 17.7. The molecule has 0 bridgehead atoms. The number of fused-ring (bicyclic) bond motifs is 1. The second-order valence-corrected chi connectivity index (χ2v) is 8.41. The number of alkyl halides is 3. The number of nitrogens with zero attached hydrogens (tertiary/aromatic N) is 1. The van der Waals surface area contributed by atoms with Crippen LogP contribution in [-0.4, -0.2) is 16.5 Å². The molecule has 0 saturated carbocycles. The highest BCUT2D eigenvalue weighted by Crippen LogP contribution is 2.45. The molecule has 1 unspecified atom stereocenters. The molecule has 186 valence electrons. The molecule has 0 amide bonds. The predicted octanol–water partition coefficient (Wildman–Crippen LogP) is 5.39. The molecule has 37 heavy (non-hydrogen) atoms. The number of nitro groups is 1. The predicted molar refractivity (Wildman–Crippen MR) is 125 cm³/mol. The normalized spacial score (nSPS) is 17.2. The fraction of sp³-hybridized carbons (Fsp3) is 0.111. The van der Waals surface area contributed by atoms with Crippen molar-refractivity contribution in [2.45, 2.75) is 18.6 Å². The van der Waals surface area contributed by atoms with Crippen molar-refractivity contribution in [3.8, 4) is 0 Å². The average molecular weight is 506 g/mol. The monoisotopic (exact) mass is 506 g/mol. The van der Waals surface area contributed by atoms with E-state index in [-0.39, 0.29) is 34.7 Å². The minimum absolute atomic E-state index is 0.0371. The topological polar surface area (TPSA) is 98.5 Å². The number of allylic oxidation sites excluding steroid dienone is 2. The molecule has 0 radical (unpaired) electrons. The van der Waals surface area contributed by atoms with Gasteiger partial charge in [0.05, 0.1) is 16.1 Å². The van der Waals surface area contributed by atoms with Crippen LogP contribution in [0, 0.1) is 10.1 Å². The molecule has 0 spiro atoms. The maximum Gasteiger partial charge on any atom is 0.416 e. The Labute approximate surface area is 208 Å². The Balaban J connectivity index is 1.67. The summed E-state index contributed by atoms with van der Waals surface area (Å²) >= 11 is 0. The van der Waals surface area contributed by atoms with Gasteiger partial charge in [-0.25, -0.2) is 0 Å². The van der Waals surface area contributed by atoms with E-state index >= 15 is 0 Å². The summed E-state index contributed by atoms with van der Waals surface area (Å²) in [7, 11) is 0. The molecule has 2 aliphatic rings. The molecule has 3 aromatic carbocycles. The van der Waals surface area contributed by atoms with Crippen LogP contribution in [0.3, 0.4) is 0 Å². The van der Waals surface area contributed by atoms with Crippen LogP contribution in [0.15, 0.2) is 102 Å². The van der Waals surface area contributed by atoms with Gasteiger partial charge in [-0.05, 0) is 23.3 Å². The van der Waals surface area contributed by atoms with Crippen molar-refractivity contribution in [3.63, 3.8) is 0 Å². The molecule has 1 heterocycles. The number of Topliss-reactive ketones (excluding diaryl/α,β-unsaturated/α-hetero) is 2. The number of carbonyl (C=O) groups is 2. The number of ketones is 2. The Morgan fingerprint density at radius 1 is 0.865 bits per heavy atom. The SMILES string of the molecule is O=C1C2=C(C(=O)c3ccccc31)C(c1ccc(C(F)(F)F)cc1)C([N+](=O)[O-])=C(NCc1ccccc1)O2. The van der Waals surface area contributed by atoms with Gasteiger partial charge in [-0.15, -0.1) is 0 Å². The van der Waals surface area contributed by atoms with E-state index in [1.54, 1.807) is 42.5 Å². The van der Waals surface area contributed by atoms with Gasteiger partial charge in [-0.1, -0.05) is 66.7 Å².